The zero-order chi connectivity index (χ0) is 13.1. The Morgan fingerprint density at radius 1 is 1.17 bits per heavy atom. The van der Waals surface area contributed by atoms with Gasteiger partial charge in [0.1, 0.15) is 11.9 Å². The van der Waals surface area contributed by atoms with Gasteiger partial charge in [0.15, 0.2) is 0 Å². The summed E-state index contributed by atoms with van der Waals surface area (Å²) in [5, 5.41) is 12.3. The van der Waals surface area contributed by atoms with Gasteiger partial charge in [-0.15, -0.1) is 0 Å². The van der Waals surface area contributed by atoms with Crippen molar-refractivity contribution in [1.82, 2.24) is 0 Å². The Bertz CT molecular complexity index is 632. The number of aryl methyl sites for hydroxylation is 1. The molecule has 4 heteroatoms. The number of hydrogen-bond donors (Lipinski definition) is 1. The first-order chi connectivity index (χ1) is 8.60. The van der Waals surface area contributed by atoms with Crippen LogP contribution in [0.2, 0.25) is 5.02 Å². The maximum absolute atomic E-state index is 13.6. The molecule has 0 aliphatic carbocycles. The van der Waals surface area contributed by atoms with Crippen molar-refractivity contribution in [3.8, 4) is 6.07 Å². The van der Waals surface area contributed by atoms with Crippen molar-refractivity contribution in [3.63, 3.8) is 0 Å². The first-order valence-electron chi connectivity index (χ1n) is 5.33. The van der Waals surface area contributed by atoms with E-state index in [1.807, 2.05) is 13.0 Å². The molecule has 90 valence electrons. The van der Waals surface area contributed by atoms with Gasteiger partial charge in [0.2, 0.25) is 0 Å². The highest BCUT2D eigenvalue weighted by molar-refractivity contribution is 6.30. The second kappa shape index (κ2) is 5.07. The Balaban J connectivity index is 2.40. The average Bonchev–Trinajstić information content (AvgIpc) is 2.36. The van der Waals surface area contributed by atoms with Gasteiger partial charge >= 0.3 is 0 Å². The van der Waals surface area contributed by atoms with Crippen molar-refractivity contribution in [2.45, 2.75) is 6.92 Å². The third kappa shape index (κ3) is 2.61. The molecule has 0 amide bonds. The lowest BCUT2D eigenvalue weighted by atomic mass is 10.1. The number of hydrogen-bond acceptors (Lipinski definition) is 2. The lowest BCUT2D eigenvalue weighted by Crippen LogP contribution is -1.96. The van der Waals surface area contributed by atoms with Crippen LogP contribution >= 0.6 is 11.6 Å². The van der Waals surface area contributed by atoms with Crippen molar-refractivity contribution in [2.24, 2.45) is 0 Å². The quantitative estimate of drug-likeness (QED) is 0.869. The average molecular weight is 261 g/mol. The van der Waals surface area contributed by atoms with Gasteiger partial charge in [-0.25, -0.2) is 4.39 Å². The van der Waals surface area contributed by atoms with Gasteiger partial charge in [-0.3, -0.25) is 0 Å². The minimum atomic E-state index is -0.413. The van der Waals surface area contributed by atoms with Crippen molar-refractivity contribution in [3.05, 3.63) is 58.4 Å². The van der Waals surface area contributed by atoms with Gasteiger partial charge in [0.25, 0.3) is 0 Å². The number of anilines is 2. The lowest BCUT2D eigenvalue weighted by Gasteiger charge is -2.10. The number of nitriles is 1. The molecule has 0 radical (unpaired) electrons. The summed E-state index contributed by atoms with van der Waals surface area (Å²) in [6, 6.07) is 11.7. The largest absolute Gasteiger partial charge is 0.352 e. The highest BCUT2D eigenvalue weighted by Gasteiger charge is 2.07. The second-order valence-corrected chi connectivity index (χ2v) is 4.35. The Labute approximate surface area is 110 Å². The van der Waals surface area contributed by atoms with E-state index in [9.17, 15) is 4.39 Å². The molecule has 0 saturated carbocycles. The van der Waals surface area contributed by atoms with Crippen LogP contribution in [0.15, 0.2) is 36.4 Å². The van der Waals surface area contributed by atoms with Crippen molar-refractivity contribution in [2.75, 3.05) is 5.32 Å². The minimum Gasteiger partial charge on any atom is -0.352 e. The predicted octanol–water partition coefficient (Wildman–Crippen LogP) is 4.40. The number of halogens is 2. The van der Waals surface area contributed by atoms with E-state index >= 15 is 0 Å². The predicted molar refractivity (Wildman–Crippen MR) is 70.6 cm³/mol. The number of nitrogens with one attached hydrogen (secondary N) is 1. The summed E-state index contributed by atoms with van der Waals surface area (Å²) in [6.07, 6.45) is 0. The molecule has 0 aromatic heterocycles. The lowest BCUT2D eigenvalue weighted by molar-refractivity contribution is 0.632. The van der Waals surface area contributed by atoms with Crippen LogP contribution in [0.25, 0.3) is 0 Å². The van der Waals surface area contributed by atoms with Gasteiger partial charge < -0.3 is 5.32 Å². The summed E-state index contributed by atoms with van der Waals surface area (Å²) in [5.74, 6) is -0.413. The fourth-order valence-electron chi connectivity index (χ4n) is 1.60. The molecule has 18 heavy (non-hydrogen) atoms. The van der Waals surface area contributed by atoms with Crippen LogP contribution in [0.3, 0.4) is 0 Å². The van der Waals surface area contributed by atoms with Gasteiger partial charge in [-0.05, 0) is 42.8 Å². The molecule has 0 bridgehead atoms. The normalized spacial score (nSPS) is 9.89. The van der Waals surface area contributed by atoms with E-state index in [-0.39, 0.29) is 5.69 Å². The van der Waals surface area contributed by atoms with Crippen LogP contribution in [0.1, 0.15) is 11.1 Å². The van der Waals surface area contributed by atoms with Gasteiger partial charge in [-0.1, -0.05) is 17.7 Å². The monoisotopic (exact) mass is 260 g/mol. The molecule has 0 unspecified atom stereocenters. The summed E-state index contributed by atoms with van der Waals surface area (Å²) in [7, 11) is 0. The summed E-state index contributed by atoms with van der Waals surface area (Å²) in [5.41, 5.74) is 2.25. The first kappa shape index (κ1) is 12.4. The molecule has 0 aliphatic rings. The van der Waals surface area contributed by atoms with E-state index in [1.165, 1.54) is 18.2 Å². The Hall–Kier alpha value is -2.05. The summed E-state index contributed by atoms with van der Waals surface area (Å²) >= 11 is 5.81. The fourth-order valence-corrected chi connectivity index (χ4v) is 1.77. The van der Waals surface area contributed by atoms with Crippen LogP contribution in [0.5, 0.6) is 0 Å². The standard InChI is InChI=1S/C14H10ClFN2/c1-9-2-5-13(10(6-9)8-17)18-14-7-11(15)3-4-12(14)16/h2-7,18H,1H3. The molecular formula is C14H10ClFN2. The SMILES string of the molecule is Cc1ccc(Nc2cc(Cl)ccc2F)c(C#N)c1. The van der Waals surface area contributed by atoms with Crippen LogP contribution in [0.4, 0.5) is 15.8 Å². The zero-order valence-corrected chi connectivity index (χ0v) is 10.4. The maximum Gasteiger partial charge on any atom is 0.146 e. The molecule has 0 saturated heterocycles. The summed E-state index contributed by atoms with van der Waals surface area (Å²) < 4.78 is 13.6. The molecule has 0 heterocycles. The number of rotatable bonds is 2. The van der Waals surface area contributed by atoms with Gasteiger partial charge in [0, 0.05) is 5.02 Å². The van der Waals surface area contributed by atoms with E-state index in [0.29, 0.717) is 16.3 Å². The molecule has 2 rings (SSSR count). The van der Waals surface area contributed by atoms with E-state index in [4.69, 9.17) is 16.9 Å². The highest BCUT2D eigenvalue weighted by atomic mass is 35.5. The third-order valence-electron chi connectivity index (χ3n) is 2.49. The van der Waals surface area contributed by atoms with E-state index < -0.39 is 5.82 Å². The van der Waals surface area contributed by atoms with Crippen LogP contribution in [0, 0.1) is 24.1 Å². The van der Waals surface area contributed by atoms with Crippen molar-refractivity contribution in [1.29, 1.82) is 5.26 Å². The molecular weight excluding hydrogens is 251 g/mol. The maximum atomic E-state index is 13.6. The smallest absolute Gasteiger partial charge is 0.146 e. The topological polar surface area (TPSA) is 35.8 Å². The molecule has 0 fully saturated rings. The van der Waals surface area contributed by atoms with E-state index in [2.05, 4.69) is 11.4 Å². The van der Waals surface area contributed by atoms with E-state index in [0.717, 1.165) is 5.56 Å². The molecule has 0 atom stereocenters. The minimum absolute atomic E-state index is 0.253. The van der Waals surface area contributed by atoms with Gasteiger partial charge in [-0.2, -0.15) is 5.26 Å². The zero-order valence-electron chi connectivity index (χ0n) is 9.67. The molecule has 1 N–H and O–H groups in total. The van der Waals surface area contributed by atoms with E-state index in [1.54, 1.807) is 12.1 Å². The number of benzene rings is 2. The Kier molecular flexibility index (Phi) is 3.50. The second-order valence-electron chi connectivity index (χ2n) is 3.91. The van der Waals surface area contributed by atoms with Crippen molar-refractivity contribution < 1.29 is 4.39 Å². The molecule has 2 aromatic rings. The molecule has 0 spiro atoms. The van der Waals surface area contributed by atoms with Crippen molar-refractivity contribution >= 4 is 23.0 Å². The molecule has 2 aromatic carbocycles. The third-order valence-corrected chi connectivity index (χ3v) is 2.73. The van der Waals surface area contributed by atoms with Crippen LogP contribution in [-0.2, 0) is 0 Å². The Morgan fingerprint density at radius 2 is 1.94 bits per heavy atom. The number of nitrogens with zero attached hydrogens (tertiary/aromatic N) is 1. The van der Waals surface area contributed by atoms with Crippen LogP contribution in [-0.4, -0.2) is 0 Å². The van der Waals surface area contributed by atoms with Gasteiger partial charge in [0.05, 0.1) is 16.9 Å². The first-order valence-corrected chi connectivity index (χ1v) is 5.71. The molecule has 2 nitrogen and oxygen atoms in total. The van der Waals surface area contributed by atoms with Crippen LogP contribution < -0.4 is 5.32 Å². The highest BCUT2D eigenvalue weighted by Crippen LogP contribution is 2.26. The summed E-state index contributed by atoms with van der Waals surface area (Å²) in [6.45, 7) is 1.89. The fraction of sp³-hybridized carbons (Fsp3) is 0.0714. The summed E-state index contributed by atoms with van der Waals surface area (Å²) in [4.78, 5) is 0. The Morgan fingerprint density at radius 3 is 2.67 bits per heavy atom. The molecule has 0 aliphatic heterocycles.